The number of methoxy groups -OCH3 is 1. The van der Waals surface area contributed by atoms with Gasteiger partial charge in [0.25, 0.3) is 10.1 Å². The van der Waals surface area contributed by atoms with Gasteiger partial charge in [-0.15, -0.1) is 0 Å². The Morgan fingerprint density at radius 3 is 2.22 bits per heavy atom. The summed E-state index contributed by atoms with van der Waals surface area (Å²) in [7, 11) is -2.35. The second-order valence-electron chi connectivity index (χ2n) is 6.49. The summed E-state index contributed by atoms with van der Waals surface area (Å²) in [6.07, 6.45) is -2.02. The number of fused-ring (bicyclic) bond motifs is 1. The number of rotatable bonds is 6. The molecule has 142 valence electrons. The van der Waals surface area contributed by atoms with Crippen molar-refractivity contribution in [2.45, 2.75) is 31.0 Å². The Kier molecular flexibility index (Phi) is 5.51. The normalized spacial score (nSPS) is 14.1. The number of aliphatic hydroxyl groups is 1. The average Bonchev–Trinajstić information content (AvgIpc) is 2.66. The monoisotopic (exact) mass is 386 g/mol. The first-order chi connectivity index (χ1) is 12.8. The molecule has 3 aromatic rings. The Labute approximate surface area is 159 Å². The van der Waals surface area contributed by atoms with Crippen molar-refractivity contribution in [3.8, 4) is 5.75 Å². The van der Waals surface area contributed by atoms with Crippen LogP contribution in [0.1, 0.15) is 24.2 Å². The number of hydrogen-bond donors (Lipinski definition) is 1. The summed E-state index contributed by atoms with van der Waals surface area (Å²) in [5, 5.41) is 12.5. The van der Waals surface area contributed by atoms with Gasteiger partial charge in [0.1, 0.15) is 18.0 Å². The lowest BCUT2D eigenvalue weighted by Crippen LogP contribution is -2.22. The fourth-order valence-electron chi connectivity index (χ4n) is 2.84. The van der Waals surface area contributed by atoms with Gasteiger partial charge >= 0.3 is 0 Å². The third-order valence-corrected chi connectivity index (χ3v) is 5.85. The average molecular weight is 386 g/mol. The van der Waals surface area contributed by atoms with Gasteiger partial charge in [-0.25, -0.2) is 0 Å². The van der Waals surface area contributed by atoms with Crippen LogP contribution < -0.4 is 4.74 Å². The summed E-state index contributed by atoms with van der Waals surface area (Å²) in [5.74, 6) is 0.747. The molecular formula is C21H22O5S. The molecule has 0 aliphatic rings. The van der Waals surface area contributed by atoms with E-state index in [-0.39, 0.29) is 4.90 Å². The van der Waals surface area contributed by atoms with Crippen LogP contribution in [0.25, 0.3) is 10.8 Å². The van der Waals surface area contributed by atoms with E-state index >= 15 is 0 Å². The fourth-order valence-corrected chi connectivity index (χ4v) is 3.92. The van der Waals surface area contributed by atoms with Crippen molar-refractivity contribution >= 4 is 20.9 Å². The van der Waals surface area contributed by atoms with Crippen LogP contribution in [-0.4, -0.2) is 26.7 Å². The minimum atomic E-state index is -3.96. The van der Waals surface area contributed by atoms with E-state index in [2.05, 4.69) is 0 Å². The molecule has 0 spiro atoms. The van der Waals surface area contributed by atoms with Crippen molar-refractivity contribution in [3.05, 3.63) is 71.8 Å². The molecule has 0 aromatic heterocycles. The number of aryl methyl sites for hydroxylation is 1. The second-order valence-corrected chi connectivity index (χ2v) is 8.06. The molecular weight excluding hydrogens is 364 g/mol. The van der Waals surface area contributed by atoms with Gasteiger partial charge in [0, 0.05) is 0 Å². The zero-order chi connectivity index (χ0) is 19.6. The summed E-state index contributed by atoms with van der Waals surface area (Å²) < 4.78 is 35.3. The summed E-state index contributed by atoms with van der Waals surface area (Å²) >= 11 is 0. The Hall–Kier alpha value is -2.41. The Bertz CT molecular complexity index is 1040. The molecule has 0 radical (unpaired) electrons. The molecule has 0 fully saturated rings. The first kappa shape index (κ1) is 19.4. The van der Waals surface area contributed by atoms with E-state index in [4.69, 9.17) is 8.92 Å². The van der Waals surface area contributed by atoms with Gasteiger partial charge in [-0.1, -0.05) is 35.9 Å². The SMILES string of the molecule is COc1ccc2cc(C(O)C(C)OS(=O)(=O)c3ccc(C)cc3)ccc2c1. The quantitative estimate of drug-likeness (QED) is 0.649. The van der Waals surface area contributed by atoms with Crippen molar-refractivity contribution in [1.82, 2.24) is 0 Å². The highest BCUT2D eigenvalue weighted by molar-refractivity contribution is 7.86. The van der Waals surface area contributed by atoms with E-state index in [0.717, 1.165) is 22.1 Å². The lowest BCUT2D eigenvalue weighted by atomic mass is 10.0. The van der Waals surface area contributed by atoms with Crippen LogP contribution in [0.15, 0.2) is 65.6 Å². The molecule has 2 atom stereocenters. The van der Waals surface area contributed by atoms with Crippen LogP contribution in [0, 0.1) is 6.92 Å². The molecule has 3 aromatic carbocycles. The lowest BCUT2D eigenvalue weighted by molar-refractivity contribution is 0.0509. The van der Waals surface area contributed by atoms with Gasteiger partial charge in [-0.05, 0) is 60.5 Å². The lowest BCUT2D eigenvalue weighted by Gasteiger charge is -2.20. The van der Waals surface area contributed by atoms with Gasteiger partial charge in [0.15, 0.2) is 0 Å². The fraction of sp³-hybridized carbons (Fsp3) is 0.238. The second kappa shape index (κ2) is 7.68. The van der Waals surface area contributed by atoms with Gasteiger partial charge in [-0.2, -0.15) is 8.42 Å². The first-order valence-electron chi connectivity index (χ1n) is 8.56. The molecule has 5 nitrogen and oxygen atoms in total. The van der Waals surface area contributed by atoms with Crippen LogP contribution in [0.5, 0.6) is 5.75 Å². The standard InChI is InChI=1S/C21H22O5S/c1-14-4-10-20(11-5-14)27(23,24)26-15(2)21(22)18-7-6-17-13-19(25-3)9-8-16(17)12-18/h4-13,15,21-22H,1-3H3. The predicted molar refractivity (Wildman–Crippen MR) is 104 cm³/mol. The molecule has 0 bridgehead atoms. The van der Waals surface area contributed by atoms with Gasteiger partial charge in [0.05, 0.1) is 12.0 Å². The molecule has 0 saturated carbocycles. The molecule has 0 heterocycles. The highest BCUT2D eigenvalue weighted by Crippen LogP contribution is 2.28. The third-order valence-electron chi connectivity index (χ3n) is 4.45. The van der Waals surface area contributed by atoms with E-state index in [9.17, 15) is 13.5 Å². The number of ether oxygens (including phenoxy) is 1. The summed E-state index contributed by atoms with van der Waals surface area (Å²) in [5.41, 5.74) is 1.54. The Balaban J connectivity index is 1.81. The molecule has 0 saturated heterocycles. The van der Waals surface area contributed by atoms with Crippen molar-refractivity contribution in [2.75, 3.05) is 7.11 Å². The Morgan fingerprint density at radius 2 is 1.56 bits per heavy atom. The maximum atomic E-state index is 12.4. The van der Waals surface area contributed by atoms with E-state index in [0.29, 0.717) is 5.56 Å². The van der Waals surface area contributed by atoms with Crippen LogP contribution in [0.2, 0.25) is 0 Å². The van der Waals surface area contributed by atoms with Crippen molar-refractivity contribution in [2.24, 2.45) is 0 Å². The van der Waals surface area contributed by atoms with Gasteiger partial charge in [0.2, 0.25) is 0 Å². The van der Waals surface area contributed by atoms with E-state index in [1.54, 1.807) is 25.3 Å². The molecule has 6 heteroatoms. The van der Waals surface area contributed by atoms with Crippen LogP contribution in [0.4, 0.5) is 0 Å². The number of hydrogen-bond acceptors (Lipinski definition) is 5. The highest BCUT2D eigenvalue weighted by atomic mass is 32.2. The summed E-state index contributed by atoms with van der Waals surface area (Å²) in [6.45, 7) is 3.41. The molecule has 1 N–H and O–H groups in total. The summed E-state index contributed by atoms with van der Waals surface area (Å²) in [4.78, 5) is 0.0674. The van der Waals surface area contributed by atoms with Crippen LogP contribution >= 0.6 is 0 Å². The molecule has 0 aliphatic heterocycles. The van der Waals surface area contributed by atoms with Crippen LogP contribution in [0.3, 0.4) is 0 Å². The highest BCUT2D eigenvalue weighted by Gasteiger charge is 2.25. The Morgan fingerprint density at radius 1 is 0.926 bits per heavy atom. The van der Waals surface area contributed by atoms with E-state index < -0.39 is 22.3 Å². The number of aliphatic hydroxyl groups excluding tert-OH is 1. The van der Waals surface area contributed by atoms with Crippen LogP contribution in [-0.2, 0) is 14.3 Å². The van der Waals surface area contributed by atoms with Gasteiger partial charge < -0.3 is 9.84 Å². The predicted octanol–water partition coefficient (Wildman–Crippen LogP) is 3.98. The smallest absolute Gasteiger partial charge is 0.297 e. The third kappa shape index (κ3) is 4.30. The number of benzene rings is 3. The topological polar surface area (TPSA) is 72.8 Å². The molecule has 3 rings (SSSR count). The van der Waals surface area contributed by atoms with E-state index in [1.165, 1.54) is 19.1 Å². The molecule has 0 aliphatic carbocycles. The first-order valence-corrected chi connectivity index (χ1v) is 9.97. The maximum Gasteiger partial charge on any atom is 0.297 e. The van der Waals surface area contributed by atoms with Crippen molar-refractivity contribution < 1.29 is 22.4 Å². The molecule has 2 unspecified atom stereocenters. The zero-order valence-corrected chi connectivity index (χ0v) is 16.2. The van der Waals surface area contributed by atoms with Crippen molar-refractivity contribution in [1.29, 1.82) is 0 Å². The van der Waals surface area contributed by atoms with E-state index in [1.807, 2.05) is 37.3 Å². The molecule has 0 amide bonds. The van der Waals surface area contributed by atoms with Crippen molar-refractivity contribution in [3.63, 3.8) is 0 Å². The minimum absolute atomic E-state index is 0.0674. The minimum Gasteiger partial charge on any atom is -0.497 e. The summed E-state index contributed by atoms with van der Waals surface area (Å²) in [6, 6.07) is 17.4. The largest absolute Gasteiger partial charge is 0.497 e. The van der Waals surface area contributed by atoms with Gasteiger partial charge in [-0.3, -0.25) is 4.18 Å². The molecule has 27 heavy (non-hydrogen) atoms. The zero-order valence-electron chi connectivity index (χ0n) is 15.4. The maximum absolute atomic E-state index is 12.4.